The lowest BCUT2D eigenvalue weighted by Crippen LogP contribution is -2.63. The van der Waals surface area contributed by atoms with E-state index in [2.05, 4.69) is 5.32 Å². The zero-order chi connectivity index (χ0) is 16.9. The minimum atomic E-state index is -0.793. The van der Waals surface area contributed by atoms with E-state index in [4.69, 9.17) is 14.2 Å². The predicted octanol–water partition coefficient (Wildman–Crippen LogP) is 0.669. The summed E-state index contributed by atoms with van der Waals surface area (Å²) < 4.78 is 29.3. The Labute approximate surface area is 135 Å². The van der Waals surface area contributed by atoms with E-state index in [0.717, 1.165) is 0 Å². The number of aliphatic hydroxyl groups excluding tert-OH is 2. The molecule has 1 aliphatic rings. The molecule has 0 bridgehead atoms. The van der Waals surface area contributed by atoms with Gasteiger partial charge in [-0.05, 0) is 38.1 Å². The third kappa shape index (κ3) is 5.40. The van der Waals surface area contributed by atoms with Crippen molar-refractivity contribution in [2.24, 2.45) is 0 Å². The molecular formula is C16H24FNO5. The van der Waals surface area contributed by atoms with Crippen LogP contribution in [0.1, 0.15) is 13.8 Å². The lowest BCUT2D eigenvalue weighted by molar-refractivity contribution is -0.275. The molecule has 0 unspecified atom stereocenters. The van der Waals surface area contributed by atoms with E-state index in [9.17, 15) is 14.6 Å². The highest BCUT2D eigenvalue weighted by Crippen LogP contribution is 2.23. The van der Waals surface area contributed by atoms with Crippen molar-refractivity contribution in [3.63, 3.8) is 0 Å². The lowest BCUT2D eigenvalue weighted by Gasteiger charge is -2.43. The maximum absolute atomic E-state index is 12.8. The number of benzene rings is 1. The van der Waals surface area contributed by atoms with Crippen LogP contribution in [-0.4, -0.2) is 60.6 Å². The third-order valence-electron chi connectivity index (χ3n) is 3.66. The van der Waals surface area contributed by atoms with E-state index in [1.165, 1.54) is 24.3 Å². The van der Waals surface area contributed by atoms with E-state index >= 15 is 0 Å². The molecule has 1 atom stereocenters. The number of hydrogen-bond acceptors (Lipinski definition) is 6. The smallest absolute Gasteiger partial charge is 0.162 e. The molecule has 1 aliphatic heterocycles. The number of nitrogens with one attached hydrogen (secondary N) is 1. The maximum atomic E-state index is 12.8. The largest absolute Gasteiger partial charge is 0.491 e. The summed E-state index contributed by atoms with van der Waals surface area (Å²) in [6, 6.07) is 5.57. The molecule has 1 aromatic carbocycles. The average molecular weight is 329 g/mol. The van der Waals surface area contributed by atoms with Crippen LogP contribution in [0, 0.1) is 5.82 Å². The summed E-state index contributed by atoms with van der Waals surface area (Å²) in [7, 11) is 0. The first-order valence-electron chi connectivity index (χ1n) is 7.54. The van der Waals surface area contributed by atoms with Gasteiger partial charge >= 0.3 is 0 Å². The van der Waals surface area contributed by atoms with E-state index in [1.807, 2.05) is 0 Å². The van der Waals surface area contributed by atoms with Gasteiger partial charge in [-0.25, -0.2) is 4.39 Å². The molecule has 7 heteroatoms. The molecule has 1 aromatic rings. The zero-order valence-electron chi connectivity index (χ0n) is 13.4. The van der Waals surface area contributed by atoms with Gasteiger partial charge in [-0.2, -0.15) is 0 Å². The Balaban J connectivity index is 1.76. The monoisotopic (exact) mass is 329 g/mol. The van der Waals surface area contributed by atoms with Crippen molar-refractivity contribution in [1.82, 2.24) is 5.32 Å². The van der Waals surface area contributed by atoms with Gasteiger partial charge in [-0.15, -0.1) is 0 Å². The highest BCUT2D eigenvalue weighted by molar-refractivity contribution is 5.22. The van der Waals surface area contributed by atoms with Crippen molar-refractivity contribution in [1.29, 1.82) is 0 Å². The van der Waals surface area contributed by atoms with Crippen LogP contribution in [0.4, 0.5) is 4.39 Å². The van der Waals surface area contributed by atoms with Crippen molar-refractivity contribution in [3.8, 4) is 5.75 Å². The molecule has 1 heterocycles. The number of halogens is 1. The predicted molar refractivity (Wildman–Crippen MR) is 81.7 cm³/mol. The second kappa shape index (κ2) is 7.55. The molecule has 0 spiro atoms. The van der Waals surface area contributed by atoms with E-state index < -0.39 is 17.4 Å². The minimum absolute atomic E-state index is 0.0490. The van der Waals surface area contributed by atoms with Crippen LogP contribution in [0.2, 0.25) is 0 Å². The van der Waals surface area contributed by atoms with Gasteiger partial charge in [-0.1, -0.05) is 0 Å². The summed E-state index contributed by atoms with van der Waals surface area (Å²) in [5, 5.41) is 22.6. The van der Waals surface area contributed by atoms with Gasteiger partial charge < -0.3 is 29.7 Å². The molecule has 23 heavy (non-hydrogen) atoms. The molecule has 6 nitrogen and oxygen atoms in total. The van der Waals surface area contributed by atoms with Crippen LogP contribution in [0.3, 0.4) is 0 Å². The van der Waals surface area contributed by atoms with Crippen LogP contribution in [0.15, 0.2) is 24.3 Å². The first-order chi connectivity index (χ1) is 10.8. The number of aliphatic hydroxyl groups is 2. The van der Waals surface area contributed by atoms with Crippen molar-refractivity contribution >= 4 is 0 Å². The van der Waals surface area contributed by atoms with Gasteiger partial charge in [0.2, 0.25) is 0 Å². The fraction of sp³-hybridized carbons (Fsp3) is 0.625. The quantitative estimate of drug-likeness (QED) is 0.682. The number of rotatable bonds is 7. The van der Waals surface area contributed by atoms with Crippen LogP contribution >= 0.6 is 0 Å². The van der Waals surface area contributed by atoms with E-state index in [0.29, 0.717) is 5.75 Å². The molecule has 1 fully saturated rings. The van der Waals surface area contributed by atoms with Gasteiger partial charge in [0, 0.05) is 6.54 Å². The third-order valence-corrected chi connectivity index (χ3v) is 3.66. The van der Waals surface area contributed by atoms with Crippen molar-refractivity contribution in [3.05, 3.63) is 30.1 Å². The van der Waals surface area contributed by atoms with E-state index in [-0.39, 0.29) is 38.8 Å². The van der Waals surface area contributed by atoms with Gasteiger partial charge in [-0.3, -0.25) is 0 Å². The standard InChI is InChI=1S/C16H24FNO5/c1-15(2)22-10-16(9-19,11-23-15)18-7-13(20)8-21-14-5-3-12(17)4-6-14/h3-6,13,18-20H,7-11H2,1-2H3/t13-/m0/s1. The molecule has 0 amide bonds. The number of β-amino-alcohol motifs (C(OH)–C–C–N with tert-alkyl or cyclic N) is 1. The van der Waals surface area contributed by atoms with Gasteiger partial charge in [0.25, 0.3) is 0 Å². The summed E-state index contributed by atoms with van der Waals surface area (Å²) in [6.45, 7) is 4.25. The molecule has 0 aliphatic carbocycles. The maximum Gasteiger partial charge on any atom is 0.162 e. The van der Waals surface area contributed by atoms with Crippen molar-refractivity contribution < 1.29 is 28.8 Å². The molecule has 0 aromatic heterocycles. The average Bonchev–Trinajstić information content (AvgIpc) is 2.54. The van der Waals surface area contributed by atoms with Crippen molar-refractivity contribution in [2.75, 3.05) is 33.0 Å². The first kappa shape index (κ1) is 18.1. The highest BCUT2D eigenvalue weighted by atomic mass is 19.1. The van der Waals surface area contributed by atoms with Gasteiger partial charge in [0.15, 0.2) is 5.79 Å². The minimum Gasteiger partial charge on any atom is -0.491 e. The second-order valence-corrected chi connectivity index (χ2v) is 6.22. The number of hydrogen-bond donors (Lipinski definition) is 3. The zero-order valence-corrected chi connectivity index (χ0v) is 13.4. The Hall–Kier alpha value is -1.25. The fourth-order valence-electron chi connectivity index (χ4n) is 2.07. The molecular weight excluding hydrogens is 305 g/mol. The van der Waals surface area contributed by atoms with Crippen LogP contribution in [-0.2, 0) is 9.47 Å². The summed E-state index contributed by atoms with van der Waals surface area (Å²) in [4.78, 5) is 0. The normalized spacial score (nSPS) is 20.9. The van der Waals surface area contributed by atoms with Gasteiger partial charge in [0.1, 0.15) is 24.3 Å². The first-order valence-corrected chi connectivity index (χ1v) is 7.54. The molecule has 0 saturated carbocycles. The molecule has 2 rings (SSSR count). The van der Waals surface area contributed by atoms with E-state index in [1.54, 1.807) is 13.8 Å². The Morgan fingerprint density at radius 2 is 1.87 bits per heavy atom. The number of ether oxygens (including phenoxy) is 3. The van der Waals surface area contributed by atoms with Gasteiger partial charge in [0.05, 0.1) is 25.4 Å². The molecule has 1 saturated heterocycles. The lowest BCUT2D eigenvalue weighted by atomic mass is 10.0. The Kier molecular flexibility index (Phi) is 5.94. The van der Waals surface area contributed by atoms with Crippen molar-refractivity contribution in [2.45, 2.75) is 31.3 Å². The summed E-state index contributed by atoms with van der Waals surface area (Å²) in [5.41, 5.74) is -0.744. The summed E-state index contributed by atoms with van der Waals surface area (Å²) >= 11 is 0. The Morgan fingerprint density at radius 3 is 2.43 bits per heavy atom. The highest BCUT2D eigenvalue weighted by Gasteiger charge is 2.39. The molecule has 130 valence electrons. The second-order valence-electron chi connectivity index (χ2n) is 6.22. The van der Waals surface area contributed by atoms with Crippen LogP contribution in [0.25, 0.3) is 0 Å². The summed E-state index contributed by atoms with van der Waals surface area (Å²) in [5.74, 6) is -0.539. The fourth-order valence-corrected chi connectivity index (χ4v) is 2.07. The summed E-state index contributed by atoms with van der Waals surface area (Å²) in [6.07, 6.45) is -0.793. The topological polar surface area (TPSA) is 80.2 Å². The van der Waals surface area contributed by atoms with Crippen LogP contribution in [0.5, 0.6) is 5.75 Å². The van der Waals surface area contributed by atoms with Crippen LogP contribution < -0.4 is 10.1 Å². The Morgan fingerprint density at radius 1 is 1.26 bits per heavy atom. The Bertz CT molecular complexity index is 484. The SMILES string of the molecule is CC1(C)OCC(CO)(NC[C@H](O)COc2ccc(F)cc2)CO1. The molecule has 0 radical (unpaired) electrons. The molecule has 3 N–H and O–H groups in total.